The first-order valence-electron chi connectivity index (χ1n) is 7.81. The van der Waals surface area contributed by atoms with Gasteiger partial charge in [0.15, 0.2) is 0 Å². The quantitative estimate of drug-likeness (QED) is 0.701. The minimum Gasteiger partial charge on any atom is -0.491 e. The maximum absolute atomic E-state index is 12.4. The Morgan fingerprint density at radius 2 is 1.71 bits per heavy atom. The Morgan fingerprint density at radius 1 is 1.10 bits per heavy atom. The number of rotatable bonds is 9. The molecule has 0 saturated carbocycles. The molecule has 1 rings (SSSR count). The number of hydrogen-bond donors (Lipinski definition) is 0. The van der Waals surface area contributed by atoms with E-state index in [1.807, 2.05) is 49.1 Å². The third-order valence-electron chi connectivity index (χ3n) is 3.68. The van der Waals surface area contributed by atoms with Crippen molar-refractivity contribution in [3.8, 4) is 5.75 Å². The van der Waals surface area contributed by atoms with Crippen LogP contribution in [0, 0.1) is 0 Å². The maximum atomic E-state index is 12.4. The molecule has 118 valence electrons. The molecule has 4 heteroatoms. The molecule has 0 aliphatic rings. The van der Waals surface area contributed by atoms with Gasteiger partial charge in [-0.3, -0.25) is 9.69 Å². The number of para-hydroxylation sites is 1. The fourth-order valence-electron chi connectivity index (χ4n) is 2.29. The van der Waals surface area contributed by atoms with E-state index in [1.54, 1.807) is 0 Å². The van der Waals surface area contributed by atoms with Gasteiger partial charge in [-0.25, -0.2) is 0 Å². The molecule has 0 radical (unpaired) electrons. The minimum absolute atomic E-state index is 0.0678. The maximum Gasteiger partial charge on any atom is 0.237 e. The number of ether oxygens (including phenoxy) is 1. The van der Waals surface area contributed by atoms with E-state index in [4.69, 9.17) is 4.74 Å². The summed E-state index contributed by atoms with van der Waals surface area (Å²) in [6, 6.07) is 9.79. The standard InChI is InChI=1S/C17H28N2O2/c1-5-18(6-2)13-17(20)19(7-3)15(4)14-21-16-11-9-8-10-12-16/h8-12,15H,5-7,13-14H2,1-4H3. The average Bonchev–Trinajstić information content (AvgIpc) is 2.52. The van der Waals surface area contributed by atoms with Crippen LogP contribution >= 0.6 is 0 Å². The van der Waals surface area contributed by atoms with Crippen molar-refractivity contribution in [2.24, 2.45) is 0 Å². The average molecular weight is 292 g/mol. The predicted octanol–water partition coefficient (Wildman–Crippen LogP) is 2.64. The van der Waals surface area contributed by atoms with Crippen LogP contribution in [0.15, 0.2) is 30.3 Å². The predicted molar refractivity (Wildman–Crippen MR) is 86.6 cm³/mol. The fourth-order valence-corrected chi connectivity index (χ4v) is 2.29. The van der Waals surface area contributed by atoms with Crippen LogP contribution in [0.4, 0.5) is 0 Å². The fraction of sp³-hybridized carbons (Fsp3) is 0.588. The number of carbonyl (C=O) groups is 1. The van der Waals surface area contributed by atoms with Crippen LogP contribution in [0.2, 0.25) is 0 Å². The molecule has 1 atom stereocenters. The summed E-state index contributed by atoms with van der Waals surface area (Å²) < 4.78 is 5.75. The highest BCUT2D eigenvalue weighted by Crippen LogP contribution is 2.10. The molecule has 1 aromatic carbocycles. The zero-order valence-electron chi connectivity index (χ0n) is 13.7. The van der Waals surface area contributed by atoms with Crippen molar-refractivity contribution in [3.63, 3.8) is 0 Å². The highest BCUT2D eigenvalue weighted by molar-refractivity contribution is 5.78. The monoisotopic (exact) mass is 292 g/mol. The Bertz CT molecular complexity index is 405. The lowest BCUT2D eigenvalue weighted by molar-refractivity contribution is -0.134. The van der Waals surface area contributed by atoms with Crippen molar-refractivity contribution in [2.45, 2.75) is 33.7 Å². The van der Waals surface area contributed by atoms with E-state index in [9.17, 15) is 4.79 Å². The topological polar surface area (TPSA) is 32.8 Å². The molecule has 4 nitrogen and oxygen atoms in total. The van der Waals surface area contributed by atoms with Crippen molar-refractivity contribution in [1.82, 2.24) is 9.80 Å². The van der Waals surface area contributed by atoms with Gasteiger partial charge in [0.05, 0.1) is 12.6 Å². The van der Waals surface area contributed by atoms with Crippen molar-refractivity contribution in [1.29, 1.82) is 0 Å². The number of hydrogen-bond acceptors (Lipinski definition) is 3. The Morgan fingerprint density at radius 3 is 2.24 bits per heavy atom. The zero-order chi connectivity index (χ0) is 15.7. The molecule has 0 aliphatic heterocycles. The van der Waals surface area contributed by atoms with Gasteiger partial charge in [0.2, 0.25) is 5.91 Å². The smallest absolute Gasteiger partial charge is 0.237 e. The van der Waals surface area contributed by atoms with E-state index in [2.05, 4.69) is 18.7 Å². The summed E-state index contributed by atoms with van der Waals surface area (Å²) >= 11 is 0. The number of carbonyl (C=O) groups excluding carboxylic acids is 1. The van der Waals surface area contributed by atoms with E-state index in [0.717, 1.165) is 18.8 Å². The van der Waals surface area contributed by atoms with Gasteiger partial charge in [-0.15, -0.1) is 0 Å². The summed E-state index contributed by atoms with van der Waals surface area (Å²) in [5.41, 5.74) is 0. The van der Waals surface area contributed by atoms with E-state index >= 15 is 0 Å². The van der Waals surface area contributed by atoms with Crippen molar-refractivity contribution in [3.05, 3.63) is 30.3 Å². The number of likely N-dealkylation sites (N-methyl/N-ethyl adjacent to an activating group) is 2. The summed E-state index contributed by atoms with van der Waals surface area (Å²) in [4.78, 5) is 16.4. The van der Waals surface area contributed by atoms with E-state index < -0.39 is 0 Å². The highest BCUT2D eigenvalue weighted by Gasteiger charge is 2.20. The molecule has 0 N–H and O–H groups in total. The molecule has 1 amide bonds. The Balaban J connectivity index is 2.52. The summed E-state index contributed by atoms with van der Waals surface area (Å²) in [7, 11) is 0. The van der Waals surface area contributed by atoms with Crippen LogP contribution in [0.25, 0.3) is 0 Å². The minimum atomic E-state index is 0.0678. The molecular formula is C17H28N2O2. The third-order valence-corrected chi connectivity index (χ3v) is 3.68. The second kappa shape index (κ2) is 9.40. The second-order valence-corrected chi connectivity index (χ2v) is 5.11. The molecule has 0 aliphatic carbocycles. The van der Waals surface area contributed by atoms with Gasteiger partial charge < -0.3 is 9.64 Å². The summed E-state index contributed by atoms with van der Waals surface area (Å²) in [6.07, 6.45) is 0. The first kappa shape index (κ1) is 17.5. The molecule has 0 spiro atoms. The lowest BCUT2D eigenvalue weighted by Crippen LogP contribution is -2.46. The van der Waals surface area contributed by atoms with E-state index in [1.165, 1.54) is 0 Å². The normalized spacial score (nSPS) is 12.2. The number of nitrogens with zero attached hydrogens (tertiary/aromatic N) is 2. The van der Waals surface area contributed by atoms with Crippen molar-refractivity contribution >= 4 is 5.91 Å². The SMILES string of the molecule is CCN(CC)CC(=O)N(CC)C(C)COc1ccccc1. The van der Waals surface area contributed by atoms with E-state index in [-0.39, 0.29) is 11.9 Å². The van der Waals surface area contributed by atoms with Crippen molar-refractivity contribution in [2.75, 3.05) is 32.8 Å². The Hall–Kier alpha value is -1.55. The van der Waals surface area contributed by atoms with Gasteiger partial charge in [0.25, 0.3) is 0 Å². The van der Waals surface area contributed by atoms with Crippen LogP contribution < -0.4 is 4.74 Å². The largest absolute Gasteiger partial charge is 0.491 e. The molecular weight excluding hydrogens is 264 g/mol. The van der Waals surface area contributed by atoms with Crippen molar-refractivity contribution < 1.29 is 9.53 Å². The molecule has 0 heterocycles. The van der Waals surface area contributed by atoms with E-state index in [0.29, 0.717) is 19.7 Å². The Labute approximate surface area is 128 Å². The van der Waals surface area contributed by atoms with Gasteiger partial charge in [-0.2, -0.15) is 0 Å². The molecule has 0 fully saturated rings. The molecule has 0 saturated heterocycles. The highest BCUT2D eigenvalue weighted by atomic mass is 16.5. The summed E-state index contributed by atoms with van der Waals surface area (Å²) in [5.74, 6) is 1.02. The Kier molecular flexibility index (Phi) is 7.83. The van der Waals surface area contributed by atoms with Crippen LogP contribution in [-0.2, 0) is 4.79 Å². The molecule has 0 aromatic heterocycles. The lowest BCUT2D eigenvalue weighted by atomic mass is 10.2. The molecule has 0 bridgehead atoms. The molecule has 1 aromatic rings. The third kappa shape index (κ3) is 5.76. The first-order valence-corrected chi connectivity index (χ1v) is 7.81. The van der Waals surface area contributed by atoms with Gasteiger partial charge >= 0.3 is 0 Å². The van der Waals surface area contributed by atoms with Gasteiger partial charge in [0.1, 0.15) is 12.4 Å². The van der Waals surface area contributed by atoms with Crippen LogP contribution in [0.1, 0.15) is 27.7 Å². The molecule has 21 heavy (non-hydrogen) atoms. The lowest BCUT2D eigenvalue weighted by Gasteiger charge is -2.30. The van der Waals surface area contributed by atoms with Crippen LogP contribution in [-0.4, -0.2) is 54.5 Å². The number of benzene rings is 1. The zero-order valence-corrected chi connectivity index (χ0v) is 13.7. The summed E-state index contributed by atoms with van der Waals surface area (Å²) in [5, 5.41) is 0. The van der Waals surface area contributed by atoms with Crippen LogP contribution in [0.3, 0.4) is 0 Å². The number of amides is 1. The molecule has 1 unspecified atom stereocenters. The first-order chi connectivity index (χ1) is 10.1. The summed E-state index contributed by atoms with van der Waals surface area (Å²) in [6.45, 7) is 11.7. The van der Waals surface area contributed by atoms with Crippen LogP contribution in [0.5, 0.6) is 5.75 Å². The van der Waals surface area contributed by atoms with Gasteiger partial charge in [-0.05, 0) is 39.1 Å². The van der Waals surface area contributed by atoms with Gasteiger partial charge in [-0.1, -0.05) is 32.0 Å². The second-order valence-electron chi connectivity index (χ2n) is 5.11. The van der Waals surface area contributed by atoms with Gasteiger partial charge in [0, 0.05) is 6.54 Å².